The molecule has 1 saturated heterocycles. The number of nitrogens with zero attached hydrogens (tertiary/aromatic N) is 4. The molecule has 4 unspecified atom stereocenters. The summed E-state index contributed by atoms with van der Waals surface area (Å²) in [5, 5.41) is 33.0. The molecule has 2 aromatic rings. The molecule has 1 aliphatic heterocycles. The number of likely N-dealkylation sites (tertiary alicyclic amines) is 1. The van der Waals surface area contributed by atoms with Gasteiger partial charge in [0.2, 0.25) is 11.8 Å². The van der Waals surface area contributed by atoms with Crippen LogP contribution in [0.2, 0.25) is 0 Å². The number of aryl methyl sites for hydroxylation is 1. The lowest BCUT2D eigenvalue weighted by molar-refractivity contribution is -0.144. The number of aromatic nitrogens is 3. The van der Waals surface area contributed by atoms with Gasteiger partial charge in [0, 0.05) is 25.1 Å². The molecule has 9 nitrogen and oxygen atoms in total. The molecule has 2 saturated carbocycles. The lowest BCUT2D eigenvalue weighted by Crippen LogP contribution is -2.52. The van der Waals surface area contributed by atoms with Gasteiger partial charge in [-0.05, 0) is 61.1 Å². The Balaban J connectivity index is 1.39. The molecule has 1 aromatic heterocycles. The van der Waals surface area contributed by atoms with Crippen molar-refractivity contribution >= 4 is 11.8 Å². The number of rotatable bonds is 8. The highest BCUT2D eigenvalue weighted by atomic mass is 19.1. The maximum atomic E-state index is 14.4. The third kappa shape index (κ3) is 5.47. The van der Waals surface area contributed by atoms with Gasteiger partial charge < -0.3 is 20.4 Å². The van der Waals surface area contributed by atoms with Crippen molar-refractivity contribution < 1.29 is 24.2 Å². The van der Waals surface area contributed by atoms with E-state index in [1.165, 1.54) is 11.0 Å². The van der Waals surface area contributed by atoms with Crippen LogP contribution in [-0.4, -0.2) is 66.7 Å². The van der Waals surface area contributed by atoms with Crippen molar-refractivity contribution in [1.29, 1.82) is 0 Å². The second-order valence-electron chi connectivity index (χ2n) is 12.4. The van der Waals surface area contributed by atoms with Crippen molar-refractivity contribution in [3.05, 3.63) is 47.0 Å². The zero-order valence-corrected chi connectivity index (χ0v) is 22.5. The van der Waals surface area contributed by atoms with Gasteiger partial charge in [0.1, 0.15) is 17.9 Å². The first-order valence-corrected chi connectivity index (χ1v) is 13.6. The Morgan fingerprint density at radius 3 is 2.50 bits per heavy atom. The summed E-state index contributed by atoms with van der Waals surface area (Å²) in [4.78, 5) is 29.0. The third-order valence-corrected chi connectivity index (χ3v) is 8.01. The van der Waals surface area contributed by atoms with Crippen LogP contribution in [-0.2, 0) is 9.59 Å². The summed E-state index contributed by atoms with van der Waals surface area (Å²) < 4.78 is 16.0. The van der Waals surface area contributed by atoms with Crippen molar-refractivity contribution in [1.82, 2.24) is 25.2 Å². The maximum Gasteiger partial charge on any atom is 0.248 e. The average Bonchev–Trinajstić information content (AvgIpc) is 3.78. The number of amides is 2. The van der Waals surface area contributed by atoms with E-state index < -0.39 is 47.5 Å². The lowest BCUT2D eigenvalue weighted by atomic mass is 9.85. The van der Waals surface area contributed by atoms with E-state index in [4.69, 9.17) is 0 Å². The van der Waals surface area contributed by atoms with Crippen LogP contribution in [0.4, 0.5) is 4.39 Å². The topological polar surface area (TPSA) is 121 Å². The Kier molecular flexibility index (Phi) is 7.06. The monoisotopic (exact) mass is 527 g/mol. The fourth-order valence-electron chi connectivity index (χ4n) is 5.45. The lowest BCUT2D eigenvalue weighted by Gasteiger charge is -2.35. The van der Waals surface area contributed by atoms with Crippen LogP contribution < -0.4 is 5.32 Å². The minimum atomic E-state index is -0.932. The minimum absolute atomic E-state index is 0.0166. The first kappa shape index (κ1) is 26.7. The third-order valence-electron chi connectivity index (χ3n) is 8.01. The normalized spacial score (nSPS) is 24.2. The predicted molar refractivity (Wildman–Crippen MR) is 137 cm³/mol. The highest BCUT2D eigenvalue weighted by molar-refractivity contribution is 5.90. The number of β-amino-alcohol motifs (C(OH)–C–C–N with tert-alkyl or cyclic N) is 1. The number of carbonyl (C=O) groups is 2. The van der Waals surface area contributed by atoms with Crippen molar-refractivity contribution in [2.24, 2.45) is 11.3 Å². The molecular formula is C28H38FN5O4. The number of aliphatic hydroxyl groups is 2. The first-order chi connectivity index (χ1) is 17.9. The molecule has 3 aliphatic rings. The molecule has 3 fully saturated rings. The van der Waals surface area contributed by atoms with Gasteiger partial charge in [-0.3, -0.25) is 9.59 Å². The summed E-state index contributed by atoms with van der Waals surface area (Å²) in [6.45, 7) is 7.47. The molecule has 206 valence electrons. The van der Waals surface area contributed by atoms with E-state index >= 15 is 0 Å². The molecule has 0 spiro atoms. The molecular weight excluding hydrogens is 489 g/mol. The quantitative estimate of drug-likeness (QED) is 0.486. The minimum Gasteiger partial charge on any atom is -0.391 e. The van der Waals surface area contributed by atoms with Crippen molar-refractivity contribution in [3.63, 3.8) is 0 Å². The van der Waals surface area contributed by atoms with E-state index in [2.05, 4.69) is 15.6 Å². The fourth-order valence-corrected chi connectivity index (χ4v) is 5.45. The van der Waals surface area contributed by atoms with Gasteiger partial charge in [-0.2, -0.15) is 0 Å². The number of benzene rings is 1. The number of nitrogens with one attached hydrogen (secondary N) is 1. The van der Waals surface area contributed by atoms with E-state index in [1.807, 2.05) is 27.0 Å². The molecule has 10 heteroatoms. The second kappa shape index (κ2) is 10.0. The van der Waals surface area contributed by atoms with Crippen LogP contribution in [0.1, 0.15) is 87.7 Å². The first-order valence-electron chi connectivity index (χ1n) is 13.6. The number of aliphatic hydroxyl groups excluding tert-OH is 2. The summed E-state index contributed by atoms with van der Waals surface area (Å²) in [5.41, 5.74) is 1.27. The molecule has 1 aromatic carbocycles. The van der Waals surface area contributed by atoms with Gasteiger partial charge in [0.25, 0.3) is 0 Å². The molecule has 38 heavy (non-hydrogen) atoms. The van der Waals surface area contributed by atoms with Gasteiger partial charge in [0.15, 0.2) is 0 Å². The average molecular weight is 528 g/mol. The highest BCUT2D eigenvalue weighted by Crippen LogP contribution is 2.41. The van der Waals surface area contributed by atoms with Crippen molar-refractivity contribution in [2.75, 3.05) is 6.54 Å². The van der Waals surface area contributed by atoms with E-state index in [1.54, 1.807) is 23.7 Å². The van der Waals surface area contributed by atoms with E-state index in [-0.39, 0.29) is 24.8 Å². The Labute approximate surface area is 222 Å². The number of halogens is 1. The number of carbonyl (C=O) groups excluding carboxylic acids is 2. The molecule has 2 aliphatic carbocycles. The SMILES string of the molecule is Cc1ccc(C(NC(=O)C2CC(O)CN2C(=O)[C@@H](n2cc(C3CC3)nn2)C(C)(C)C)C(O)C2CC2)cc1F. The van der Waals surface area contributed by atoms with E-state index in [9.17, 15) is 24.2 Å². The van der Waals surface area contributed by atoms with Crippen LogP contribution in [0, 0.1) is 24.1 Å². The zero-order valence-electron chi connectivity index (χ0n) is 22.5. The number of hydrogen-bond donors (Lipinski definition) is 3. The zero-order chi connectivity index (χ0) is 27.4. The van der Waals surface area contributed by atoms with Crippen LogP contribution in [0.25, 0.3) is 0 Å². The molecule has 5 atom stereocenters. The van der Waals surface area contributed by atoms with Crippen LogP contribution >= 0.6 is 0 Å². The Morgan fingerprint density at radius 1 is 1.18 bits per heavy atom. The fraction of sp³-hybridized carbons (Fsp3) is 0.643. The Morgan fingerprint density at radius 2 is 1.89 bits per heavy atom. The van der Waals surface area contributed by atoms with Gasteiger partial charge in [-0.25, -0.2) is 9.07 Å². The van der Waals surface area contributed by atoms with Gasteiger partial charge >= 0.3 is 0 Å². The molecule has 5 rings (SSSR count). The number of hydrogen-bond acceptors (Lipinski definition) is 6. The molecule has 0 bridgehead atoms. The van der Waals surface area contributed by atoms with Crippen molar-refractivity contribution in [3.8, 4) is 0 Å². The van der Waals surface area contributed by atoms with E-state index in [0.29, 0.717) is 17.0 Å². The molecule has 2 amide bonds. The highest BCUT2D eigenvalue weighted by Gasteiger charge is 2.46. The smallest absolute Gasteiger partial charge is 0.248 e. The van der Waals surface area contributed by atoms with Gasteiger partial charge in [-0.1, -0.05) is 38.1 Å². The maximum absolute atomic E-state index is 14.4. The van der Waals surface area contributed by atoms with Crippen LogP contribution in [0.3, 0.4) is 0 Å². The van der Waals surface area contributed by atoms with Crippen LogP contribution in [0.15, 0.2) is 24.4 Å². The standard InChI is InChI=1S/C28H38FN5O4/c1-15-5-6-18(11-20(15)29)23(24(36)17-9-10-17)30-26(37)22-12-19(35)13-33(22)27(38)25(28(2,3)4)34-14-21(31-32-34)16-7-8-16/h5-6,11,14,16-17,19,22-25,35-36H,7-10,12-13H2,1-4H3,(H,30,37)/t19?,22?,23?,24?,25-/m1/s1. The summed E-state index contributed by atoms with van der Waals surface area (Å²) in [7, 11) is 0. The molecule has 3 N–H and O–H groups in total. The molecule has 2 heterocycles. The Bertz CT molecular complexity index is 1200. The van der Waals surface area contributed by atoms with Crippen LogP contribution in [0.5, 0.6) is 0 Å². The second-order valence-corrected chi connectivity index (χ2v) is 12.4. The van der Waals surface area contributed by atoms with E-state index in [0.717, 1.165) is 31.4 Å². The largest absolute Gasteiger partial charge is 0.391 e. The molecule has 0 radical (unpaired) electrons. The van der Waals surface area contributed by atoms with Gasteiger partial charge in [-0.15, -0.1) is 5.10 Å². The summed E-state index contributed by atoms with van der Waals surface area (Å²) >= 11 is 0. The summed E-state index contributed by atoms with van der Waals surface area (Å²) in [6.07, 6.45) is 3.95. The summed E-state index contributed by atoms with van der Waals surface area (Å²) in [5.74, 6) is -0.806. The summed E-state index contributed by atoms with van der Waals surface area (Å²) in [6, 6.07) is 2.20. The Hall–Kier alpha value is -2.85. The van der Waals surface area contributed by atoms with Gasteiger partial charge in [0.05, 0.1) is 23.9 Å². The van der Waals surface area contributed by atoms with Crippen molar-refractivity contribution in [2.45, 2.75) is 96.1 Å². The predicted octanol–water partition coefficient (Wildman–Crippen LogP) is 2.78.